The molecular formula is C11H15F2NO2. The summed E-state index contributed by atoms with van der Waals surface area (Å²) < 4.78 is 36.7. The third-order valence-corrected chi connectivity index (χ3v) is 2.27. The van der Waals surface area contributed by atoms with Crippen LogP contribution in [-0.4, -0.2) is 27.8 Å². The molecule has 0 fully saturated rings. The standard InChI is InChI=1S/C11H15F2NO2/c1-14-5-4-7-8(12)6-9(13)11(16-3)10(7)15-2/h6,14H,4-5H2,1-3H3. The molecule has 0 heterocycles. The minimum Gasteiger partial charge on any atom is -0.492 e. The molecule has 1 N–H and O–H groups in total. The minimum absolute atomic E-state index is 0.0602. The smallest absolute Gasteiger partial charge is 0.197 e. The summed E-state index contributed by atoms with van der Waals surface area (Å²) in [4.78, 5) is 0. The van der Waals surface area contributed by atoms with Gasteiger partial charge in [0.15, 0.2) is 17.3 Å². The first-order valence-corrected chi connectivity index (χ1v) is 4.89. The topological polar surface area (TPSA) is 30.5 Å². The number of methoxy groups -OCH3 is 2. The zero-order valence-corrected chi connectivity index (χ0v) is 9.56. The molecule has 0 saturated carbocycles. The fraction of sp³-hybridized carbons (Fsp3) is 0.455. The van der Waals surface area contributed by atoms with Crippen LogP contribution in [0.2, 0.25) is 0 Å². The maximum atomic E-state index is 13.5. The van der Waals surface area contributed by atoms with Crippen molar-refractivity contribution in [3.8, 4) is 11.5 Å². The lowest BCUT2D eigenvalue weighted by Gasteiger charge is -2.14. The van der Waals surface area contributed by atoms with Crippen LogP contribution in [0, 0.1) is 11.6 Å². The van der Waals surface area contributed by atoms with Crippen LogP contribution >= 0.6 is 0 Å². The second-order valence-electron chi connectivity index (χ2n) is 3.24. The Morgan fingerprint density at radius 2 is 1.75 bits per heavy atom. The highest BCUT2D eigenvalue weighted by atomic mass is 19.1. The van der Waals surface area contributed by atoms with E-state index in [0.717, 1.165) is 6.07 Å². The van der Waals surface area contributed by atoms with Crippen molar-refractivity contribution in [3.05, 3.63) is 23.3 Å². The molecule has 1 aromatic rings. The summed E-state index contributed by atoms with van der Waals surface area (Å²) in [7, 11) is 4.44. The van der Waals surface area contributed by atoms with Crippen LogP contribution in [-0.2, 0) is 6.42 Å². The Morgan fingerprint density at radius 1 is 1.12 bits per heavy atom. The number of benzene rings is 1. The number of hydrogen-bond acceptors (Lipinski definition) is 3. The van der Waals surface area contributed by atoms with Crippen molar-refractivity contribution in [3.63, 3.8) is 0 Å². The fourth-order valence-electron chi connectivity index (χ4n) is 1.51. The lowest BCUT2D eigenvalue weighted by atomic mass is 10.1. The molecule has 0 aromatic heterocycles. The Kier molecular flexibility index (Phi) is 4.49. The lowest BCUT2D eigenvalue weighted by Crippen LogP contribution is -2.13. The van der Waals surface area contributed by atoms with Crippen LogP contribution in [0.15, 0.2) is 6.07 Å². The Bertz CT molecular complexity index is 369. The van der Waals surface area contributed by atoms with Crippen molar-refractivity contribution >= 4 is 0 Å². The zero-order valence-electron chi connectivity index (χ0n) is 9.56. The van der Waals surface area contributed by atoms with E-state index in [2.05, 4.69) is 5.32 Å². The Hall–Kier alpha value is -1.36. The highest BCUT2D eigenvalue weighted by Gasteiger charge is 2.19. The van der Waals surface area contributed by atoms with E-state index in [9.17, 15) is 8.78 Å². The van der Waals surface area contributed by atoms with E-state index >= 15 is 0 Å². The van der Waals surface area contributed by atoms with Gasteiger partial charge in [0, 0.05) is 11.6 Å². The SMILES string of the molecule is CNCCc1c(F)cc(F)c(OC)c1OC. The first kappa shape index (κ1) is 12.7. The molecule has 0 amide bonds. The molecule has 0 unspecified atom stereocenters. The largest absolute Gasteiger partial charge is 0.492 e. The lowest BCUT2D eigenvalue weighted by molar-refractivity contribution is 0.330. The molecule has 0 spiro atoms. The van der Waals surface area contributed by atoms with E-state index < -0.39 is 11.6 Å². The number of rotatable bonds is 5. The molecule has 3 nitrogen and oxygen atoms in total. The number of ether oxygens (including phenoxy) is 2. The van der Waals surface area contributed by atoms with Gasteiger partial charge < -0.3 is 14.8 Å². The van der Waals surface area contributed by atoms with Gasteiger partial charge in [0.25, 0.3) is 0 Å². The van der Waals surface area contributed by atoms with Crippen molar-refractivity contribution in [1.29, 1.82) is 0 Å². The van der Waals surface area contributed by atoms with Crippen molar-refractivity contribution in [1.82, 2.24) is 5.32 Å². The van der Waals surface area contributed by atoms with Gasteiger partial charge in [-0.15, -0.1) is 0 Å². The highest BCUT2D eigenvalue weighted by Crippen LogP contribution is 2.35. The van der Waals surface area contributed by atoms with Crippen LogP contribution in [0.25, 0.3) is 0 Å². The Labute approximate surface area is 93.4 Å². The minimum atomic E-state index is -0.759. The normalized spacial score (nSPS) is 10.3. The molecule has 0 radical (unpaired) electrons. The summed E-state index contributed by atoms with van der Waals surface area (Å²) in [6.07, 6.45) is 0.405. The molecule has 16 heavy (non-hydrogen) atoms. The van der Waals surface area contributed by atoms with Gasteiger partial charge in [-0.3, -0.25) is 0 Å². The Balaban J connectivity index is 3.22. The first-order valence-electron chi connectivity index (χ1n) is 4.89. The van der Waals surface area contributed by atoms with Crippen LogP contribution in [0.3, 0.4) is 0 Å². The molecule has 0 saturated heterocycles. The van der Waals surface area contributed by atoms with E-state index in [4.69, 9.17) is 9.47 Å². The fourth-order valence-corrected chi connectivity index (χ4v) is 1.51. The van der Waals surface area contributed by atoms with Gasteiger partial charge in [-0.25, -0.2) is 8.78 Å². The van der Waals surface area contributed by atoms with E-state index in [-0.39, 0.29) is 11.5 Å². The summed E-state index contributed by atoms with van der Waals surface area (Å²) in [5.41, 5.74) is 0.315. The highest BCUT2D eigenvalue weighted by molar-refractivity contribution is 5.48. The van der Waals surface area contributed by atoms with Gasteiger partial charge in [0.05, 0.1) is 14.2 Å². The Morgan fingerprint density at radius 3 is 2.25 bits per heavy atom. The van der Waals surface area contributed by atoms with Crippen molar-refractivity contribution in [2.45, 2.75) is 6.42 Å². The molecular weight excluding hydrogens is 216 g/mol. The average molecular weight is 231 g/mol. The number of likely N-dealkylation sites (N-methyl/N-ethyl adjacent to an activating group) is 1. The number of nitrogens with one attached hydrogen (secondary N) is 1. The summed E-state index contributed by atoms with van der Waals surface area (Å²) in [5, 5.41) is 2.89. The van der Waals surface area contributed by atoms with Crippen molar-refractivity contribution in [2.24, 2.45) is 0 Å². The van der Waals surface area contributed by atoms with Crippen LogP contribution < -0.4 is 14.8 Å². The van der Waals surface area contributed by atoms with Gasteiger partial charge in [0.1, 0.15) is 5.82 Å². The number of halogens is 2. The molecule has 1 aromatic carbocycles. The van der Waals surface area contributed by atoms with E-state index in [0.29, 0.717) is 18.5 Å². The molecule has 0 atom stereocenters. The summed E-state index contributed by atoms with van der Waals surface area (Å²) in [6.45, 7) is 0.571. The molecule has 90 valence electrons. The molecule has 0 aliphatic rings. The first-order chi connectivity index (χ1) is 7.65. The second-order valence-corrected chi connectivity index (χ2v) is 3.24. The maximum absolute atomic E-state index is 13.5. The van der Waals surface area contributed by atoms with Crippen LogP contribution in [0.4, 0.5) is 8.78 Å². The van der Waals surface area contributed by atoms with Crippen LogP contribution in [0.5, 0.6) is 11.5 Å². The number of hydrogen-bond donors (Lipinski definition) is 1. The molecule has 0 bridgehead atoms. The second kappa shape index (κ2) is 5.65. The summed E-state index contributed by atoms with van der Waals surface area (Å²) in [6, 6.07) is 0.812. The van der Waals surface area contributed by atoms with Gasteiger partial charge >= 0.3 is 0 Å². The van der Waals surface area contributed by atoms with E-state index in [1.165, 1.54) is 14.2 Å². The van der Waals surface area contributed by atoms with E-state index in [1.807, 2.05) is 0 Å². The van der Waals surface area contributed by atoms with Gasteiger partial charge in [0.2, 0.25) is 0 Å². The maximum Gasteiger partial charge on any atom is 0.197 e. The molecule has 5 heteroatoms. The van der Waals surface area contributed by atoms with E-state index in [1.54, 1.807) is 7.05 Å². The third kappa shape index (κ3) is 2.41. The molecule has 0 aliphatic carbocycles. The molecule has 0 aliphatic heterocycles. The monoisotopic (exact) mass is 231 g/mol. The van der Waals surface area contributed by atoms with Gasteiger partial charge in [-0.05, 0) is 20.0 Å². The van der Waals surface area contributed by atoms with Crippen LogP contribution in [0.1, 0.15) is 5.56 Å². The predicted molar refractivity (Wildman–Crippen MR) is 57.1 cm³/mol. The van der Waals surface area contributed by atoms with Gasteiger partial charge in [-0.2, -0.15) is 0 Å². The average Bonchev–Trinajstić information content (AvgIpc) is 2.27. The summed E-state index contributed by atoms with van der Waals surface area (Å²) in [5.74, 6) is -1.32. The zero-order chi connectivity index (χ0) is 12.1. The van der Waals surface area contributed by atoms with Gasteiger partial charge in [-0.1, -0.05) is 0 Å². The quantitative estimate of drug-likeness (QED) is 0.837. The third-order valence-electron chi connectivity index (χ3n) is 2.27. The molecule has 1 rings (SSSR count). The predicted octanol–water partition coefficient (Wildman–Crippen LogP) is 1.74. The van der Waals surface area contributed by atoms with Crippen molar-refractivity contribution < 1.29 is 18.3 Å². The summed E-state index contributed by atoms with van der Waals surface area (Å²) >= 11 is 0. The van der Waals surface area contributed by atoms with Crippen molar-refractivity contribution in [2.75, 3.05) is 27.8 Å².